The molecule has 0 fully saturated rings. The average Bonchev–Trinajstić information content (AvgIpc) is 2.83. The van der Waals surface area contributed by atoms with E-state index >= 15 is 0 Å². The fourth-order valence-electron chi connectivity index (χ4n) is 1.73. The van der Waals surface area contributed by atoms with Crippen molar-refractivity contribution in [2.75, 3.05) is 0 Å². The molecule has 2 aromatic heterocycles. The summed E-state index contributed by atoms with van der Waals surface area (Å²) in [6.07, 6.45) is 1.42. The highest BCUT2D eigenvalue weighted by Crippen LogP contribution is 2.32. The largest absolute Gasteiger partial charge is 0.478 e. The Morgan fingerprint density at radius 3 is 2.85 bits per heavy atom. The smallest absolute Gasteiger partial charge is 0.337 e. The lowest BCUT2D eigenvalue weighted by molar-refractivity contribution is 0.0696. The number of fused-ring (bicyclic) bond motifs is 1. The van der Waals surface area contributed by atoms with Gasteiger partial charge in [-0.25, -0.2) is 14.8 Å². The summed E-state index contributed by atoms with van der Waals surface area (Å²) in [6, 6.07) is 8.97. The second-order valence-electron chi connectivity index (χ2n) is 3.94. The van der Waals surface area contributed by atoms with E-state index in [-0.39, 0.29) is 10.6 Å². The van der Waals surface area contributed by atoms with Crippen LogP contribution in [0.3, 0.4) is 0 Å². The van der Waals surface area contributed by atoms with Crippen molar-refractivity contribution in [2.24, 2.45) is 0 Å². The molecular weight excluding hydrogens is 298 g/mol. The first-order chi connectivity index (χ1) is 9.65. The molecular formula is C13H8ClN3O2S. The van der Waals surface area contributed by atoms with Gasteiger partial charge in [-0.05, 0) is 30.0 Å². The highest BCUT2D eigenvalue weighted by atomic mass is 35.5. The summed E-state index contributed by atoms with van der Waals surface area (Å²) in [5, 5.41) is 10.2. The summed E-state index contributed by atoms with van der Waals surface area (Å²) < 4.78 is 0. The fraction of sp³-hybridized carbons (Fsp3) is 0. The topological polar surface area (TPSA) is 78.9 Å². The van der Waals surface area contributed by atoms with Crippen molar-refractivity contribution in [1.29, 1.82) is 0 Å². The Hall–Kier alpha value is -2.05. The van der Waals surface area contributed by atoms with Gasteiger partial charge in [0.25, 0.3) is 0 Å². The van der Waals surface area contributed by atoms with E-state index in [4.69, 9.17) is 16.7 Å². The van der Waals surface area contributed by atoms with Crippen LogP contribution in [0.1, 0.15) is 10.4 Å². The summed E-state index contributed by atoms with van der Waals surface area (Å²) in [7, 11) is 0. The molecule has 3 rings (SSSR count). The summed E-state index contributed by atoms with van der Waals surface area (Å²) in [6.45, 7) is 0. The van der Waals surface area contributed by atoms with E-state index < -0.39 is 5.97 Å². The van der Waals surface area contributed by atoms with Gasteiger partial charge >= 0.3 is 5.97 Å². The van der Waals surface area contributed by atoms with Gasteiger partial charge in [-0.2, -0.15) is 0 Å². The number of aromatic nitrogens is 3. The van der Waals surface area contributed by atoms with Crippen LogP contribution < -0.4 is 0 Å². The number of aromatic amines is 1. The molecule has 7 heteroatoms. The highest BCUT2D eigenvalue weighted by molar-refractivity contribution is 7.99. The zero-order valence-corrected chi connectivity index (χ0v) is 11.6. The van der Waals surface area contributed by atoms with Gasteiger partial charge in [0.2, 0.25) is 0 Å². The normalized spacial score (nSPS) is 10.8. The van der Waals surface area contributed by atoms with Crippen LogP contribution in [0.2, 0.25) is 5.02 Å². The monoisotopic (exact) mass is 305 g/mol. The molecule has 20 heavy (non-hydrogen) atoms. The van der Waals surface area contributed by atoms with Gasteiger partial charge < -0.3 is 10.1 Å². The first kappa shape index (κ1) is 13.0. The van der Waals surface area contributed by atoms with Gasteiger partial charge in [0, 0.05) is 6.20 Å². The molecule has 0 spiro atoms. The van der Waals surface area contributed by atoms with Crippen LogP contribution in [0.4, 0.5) is 0 Å². The van der Waals surface area contributed by atoms with Gasteiger partial charge in [-0.1, -0.05) is 23.7 Å². The number of aromatic carboxylic acids is 1. The number of benzene rings is 1. The second-order valence-corrected chi connectivity index (χ2v) is 5.30. The van der Waals surface area contributed by atoms with Crippen LogP contribution in [0.5, 0.6) is 0 Å². The zero-order chi connectivity index (χ0) is 14.1. The number of nitrogens with one attached hydrogen (secondary N) is 1. The van der Waals surface area contributed by atoms with Crippen LogP contribution in [0.25, 0.3) is 11.0 Å². The minimum atomic E-state index is -1.08. The molecule has 0 amide bonds. The van der Waals surface area contributed by atoms with Gasteiger partial charge in [0.1, 0.15) is 5.03 Å². The minimum Gasteiger partial charge on any atom is -0.478 e. The molecule has 0 aliphatic heterocycles. The minimum absolute atomic E-state index is 0.0280. The Morgan fingerprint density at radius 1 is 1.30 bits per heavy atom. The number of H-pyrrole nitrogens is 1. The molecule has 5 nitrogen and oxygen atoms in total. The standard InChI is InChI=1S/C13H8ClN3O2S/c14-10-7(12(18)19)5-6-15-11(10)20-13-16-8-3-1-2-4-9(8)17-13/h1-6H,(H,16,17)(H,18,19). The molecule has 2 N–H and O–H groups in total. The third kappa shape index (κ3) is 2.35. The lowest BCUT2D eigenvalue weighted by Gasteiger charge is -2.03. The van der Waals surface area contributed by atoms with Gasteiger partial charge in [0.05, 0.1) is 21.6 Å². The van der Waals surface area contributed by atoms with Crippen LogP contribution in [0, 0.1) is 0 Å². The number of hydrogen-bond acceptors (Lipinski definition) is 4. The first-order valence-electron chi connectivity index (χ1n) is 5.65. The van der Waals surface area contributed by atoms with Crippen molar-refractivity contribution in [3.8, 4) is 0 Å². The quantitative estimate of drug-likeness (QED) is 0.774. The fourth-order valence-corrected chi connectivity index (χ4v) is 2.84. The van der Waals surface area contributed by atoms with Crippen molar-refractivity contribution in [1.82, 2.24) is 15.0 Å². The van der Waals surface area contributed by atoms with E-state index in [2.05, 4.69) is 15.0 Å². The Kier molecular flexibility index (Phi) is 3.33. The van der Waals surface area contributed by atoms with Crippen molar-refractivity contribution in [3.63, 3.8) is 0 Å². The van der Waals surface area contributed by atoms with E-state index in [0.29, 0.717) is 10.2 Å². The molecule has 0 aliphatic rings. The lowest BCUT2D eigenvalue weighted by atomic mass is 10.3. The highest BCUT2D eigenvalue weighted by Gasteiger charge is 2.15. The SMILES string of the molecule is O=C(O)c1ccnc(Sc2nc3ccccc3[nH]2)c1Cl. The molecule has 100 valence electrons. The van der Waals surface area contributed by atoms with E-state index in [1.54, 1.807) is 0 Å². The number of nitrogens with zero attached hydrogens (tertiary/aromatic N) is 2. The predicted molar refractivity (Wildman–Crippen MR) is 76.4 cm³/mol. The average molecular weight is 306 g/mol. The van der Waals surface area contributed by atoms with Gasteiger partial charge in [0.15, 0.2) is 5.16 Å². The van der Waals surface area contributed by atoms with E-state index in [1.807, 2.05) is 24.3 Å². The van der Waals surface area contributed by atoms with E-state index in [1.165, 1.54) is 24.0 Å². The van der Waals surface area contributed by atoms with Gasteiger partial charge in [-0.3, -0.25) is 0 Å². The third-order valence-electron chi connectivity index (χ3n) is 2.65. The van der Waals surface area contributed by atoms with Crippen molar-refractivity contribution >= 4 is 40.4 Å². The number of rotatable bonds is 3. The molecule has 0 saturated heterocycles. The number of hydrogen-bond donors (Lipinski definition) is 2. The number of imidazole rings is 1. The Bertz CT molecular complexity index is 770. The molecule has 1 aromatic carbocycles. The number of para-hydroxylation sites is 2. The molecule has 2 heterocycles. The van der Waals surface area contributed by atoms with Crippen LogP contribution >= 0.6 is 23.4 Å². The molecule has 0 unspecified atom stereocenters. The van der Waals surface area contributed by atoms with E-state index in [9.17, 15) is 4.79 Å². The van der Waals surface area contributed by atoms with Crippen molar-refractivity contribution in [3.05, 3.63) is 47.1 Å². The number of carboxylic acid groups (broad SMARTS) is 1. The molecule has 0 saturated carbocycles. The predicted octanol–water partition coefficient (Wildman–Crippen LogP) is 3.46. The van der Waals surface area contributed by atoms with Crippen LogP contribution in [0.15, 0.2) is 46.7 Å². The lowest BCUT2D eigenvalue weighted by Crippen LogP contribution is -1.99. The molecule has 0 atom stereocenters. The number of pyridine rings is 1. The van der Waals surface area contributed by atoms with E-state index in [0.717, 1.165) is 11.0 Å². The zero-order valence-electron chi connectivity index (χ0n) is 10.0. The summed E-state index contributed by atoms with van der Waals surface area (Å²) in [5.41, 5.74) is 1.77. The molecule has 0 radical (unpaired) electrons. The first-order valence-corrected chi connectivity index (χ1v) is 6.85. The number of halogens is 1. The molecule has 3 aromatic rings. The number of carbonyl (C=O) groups is 1. The third-order valence-corrected chi connectivity index (χ3v) is 4.03. The maximum Gasteiger partial charge on any atom is 0.337 e. The van der Waals surface area contributed by atoms with Crippen LogP contribution in [-0.2, 0) is 0 Å². The molecule has 0 aliphatic carbocycles. The Labute approximate surface area is 123 Å². The Morgan fingerprint density at radius 2 is 2.10 bits per heavy atom. The number of carboxylic acids is 1. The van der Waals surface area contributed by atoms with Gasteiger partial charge in [-0.15, -0.1) is 0 Å². The second kappa shape index (κ2) is 5.15. The van der Waals surface area contributed by atoms with Crippen molar-refractivity contribution in [2.45, 2.75) is 10.2 Å². The summed E-state index contributed by atoms with van der Waals surface area (Å²) >= 11 is 7.25. The molecule has 0 bridgehead atoms. The van der Waals surface area contributed by atoms with Crippen molar-refractivity contribution < 1.29 is 9.90 Å². The summed E-state index contributed by atoms with van der Waals surface area (Å²) in [4.78, 5) is 22.6. The maximum atomic E-state index is 11.0. The summed E-state index contributed by atoms with van der Waals surface area (Å²) in [5.74, 6) is -1.08. The van der Waals surface area contributed by atoms with Crippen LogP contribution in [-0.4, -0.2) is 26.0 Å². The Balaban J connectivity index is 1.98. The maximum absolute atomic E-state index is 11.0.